The first kappa shape index (κ1) is 10.3. The lowest BCUT2D eigenvalue weighted by Gasteiger charge is -1.98. The topological polar surface area (TPSA) is 54.5 Å². The van der Waals surface area contributed by atoms with Gasteiger partial charge in [-0.25, -0.2) is 4.98 Å². The highest BCUT2D eigenvalue weighted by molar-refractivity contribution is 7.98. The summed E-state index contributed by atoms with van der Waals surface area (Å²) < 4.78 is 0. The van der Waals surface area contributed by atoms with Crippen LogP contribution in [0.3, 0.4) is 0 Å². The van der Waals surface area contributed by atoms with Gasteiger partial charge in [-0.15, -0.1) is 10.2 Å². The number of thioether (sulfide) groups is 1. The fourth-order valence-corrected chi connectivity index (χ4v) is 2.05. The molecule has 17 heavy (non-hydrogen) atoms. The summed E-state index contributed by atoms with van der Waals surface area (Å²) in [4.78, 5) is 7.45. The number of H-pyrrole nitrogens is 1. The predicted octanol–water partition coefficient (Wildman–Crippen LogP) is 2.74. The molecule has 0 bridgehead atoms. The summed E-state index contributed by atoms with van der Waals surface area (Å²) in [5.74, 6) is 0. The van der Waals surface area contributed by atoms with Crippen LogP contribution in [0.4, 0.5) is 0 Å². The minimum absolute atomic E-state index is 0.689. The number of hydrogen-bond donors (Lipinski definition) is 1. The third-order valence-corrected chi connectivity index (χ3v) is 3.14. The summed E-state index contributed by atoms with van der Waals surface area (Å²) in [6.07, 6.45) is 5.63. The van der Waals surface area contributed by atoms with Crippen LogP contribution in [0.15, 0.2) is 41.8 Å². The van der Waals surface area contributed by atoms with E-state index < -0.39 is 0 Å². The lowest BCUT2D eigenvalue weighted by atomic mass is 10.1. The molecule has 1 N–H and O–H groups in total. The summed E-state index contributed by atoms with van der Waals surface area (Å²) >= 11 is 1.49. The maximum absolute atomic E-state index is 4.24. The predicted molar refractivity (Wildman–Crippen MR) is 68.9 cm³/mol. The largest absolute Gasteiger partial charge is 0.360 e. The van der Waals surface area contributed by atoms with Crippen molar-refractivity contribution >= 4 is 22.7 Å². The molecule has 2 aromatic heterocycles. The van der Waals surface area contributed by atoms with Crippen molar-refractivity contribution in [2.75, 3.05) is 6.26 Å². The van der Waals surface area contributed by atoms with Crippen LogP contribution in [-0.4, -0.2) is 26.4 Å². The Morgan fingerprint density at radius 3 is 2.82 bits per heavy atom. The molecule has 0 amide bonds. The minimum Gasteiger partial charge on any atom is -0.360 e. The Bertz CT molecular complexity index is 645. The SMILES string of the molecule is CSc1ncc(-c2c[nH]c3ccccc23)nn1. The monoisotopic (exact) mass is 242 g/mol. The van der Waals surface area contributed by atoms with Crippen molar-refractivity contribution in [1.29, 1.82) is 0 Å². The van der Waals surface area contributed by atoms with Gasteiger partial charge in [-0.3, -0.25) is 0 Å². The zero-order chi connectivity index (χ0) is 11.7. The first-order chi connectivity index (χ1) is 8.38. The molecule has 0 aliphatic carbocycles. The zero-order valence-corrected chi connectivity index (χ0v) is 10.0. The molecular weight excluding hydrogens is 232 g/mol. The molecule has 4 nitrogen and oxygen atoms in total. The van der Waals surface area contributed by atoms with Crippen LogP contribution in [0.5, 0.6) is 0 Å². The van der Waals surface area contributed by atoms with Gasteiger partial charge in [-0.1, -0.05) is 30.0 Å². The van der Waals surface area contributed by atoms with Crippen molar-refractivity contribution in [2.24, 2.45) is 0 Å². The molecule has 84 valence electrons. The van der Waals surface area contributed by atoms with E-state index >= 15 is 0 Å². The fraction of sp³-hybridized carbons (Fsp3) is 0.0833. The van der Waals surface area contributed by atoms with Gasteiger partial charge in [0.05, 0.1) is 6.20 Å². The molecule has 5 heteroatoms. The number of nitrogens with zero attached hydrogens (tertiary/aromatic N) is 3. The minimum atomic E-state index is 0.689. The van der Waals surface area contributed by atoms with Crippen LogP contribution < -0.4 is 0 Å². The molecule has 0 atom stereocenters. The molecule has 0 radical (unpaired) electrons. The quantitative estimate of drug-likeness (QED) is 0.702. The molecule has 0 saturated heterocycles. The van der Waals surface area contributed by atoms with Gasteiger partial charge in [-0.05, 0) is 12.3 Å². The molecular formula is C12H10N4S. The third kappa shape index (κ3) is 1.78. The summed E-state index contributed by atoms with van der Waals surface area (Å²) in [5.41, 5.74) is 2.92. The van der Waals surface area contributed by atoms with Gasteiger partial charge >= 0.3 is 0 Å². The second-order valence-electron chi connectivity index (χ2n) is 3.58. The first-order valence-corrected chi connectivity index (χ1v) is 6.41. The Morgan fingerprint density at radius 1 is 1.18 bits per heavy atom. The zero-order valence-electron chi connectivity index (χ0n) is 9.21. The first-order valence-electron chi connectivity index (χ1n) is 5.18. The van der Waals surface area contributed by atoms with Crippen LogP contribution in [0.1, 0.15) is 0 Å². The second kappa shape index (κ2) is 4.18. The lowest BCUT2D eigenvalue weighted by Crippen LogP contribution is -1.91. The molecule has 0 aliphatic heterocycles. The molecule has 1 aromatic carbocycles. The average molecular weight is 242 g/mol. The highest BCUT2D eigenvalue weighted by Gasteiger charge is 2.07. The number of aromatic amines is 1. The number of nitrogens with one attached hydrogen (secondary N) is 1. The van der Waals surface area contributed by atoms with E-state index in [1.54, 1.807) is 6.20 Å². The van der Waals surface area contributed by atoms with Gasteiger partial charge in [0.2, 0.25) is 5.16 Å². The summed E-state index contributed by atoms with van der Waals surface area (Å²) in [7, 11) is 0. The second-order valence-corrected chi connectivity index (χ2v) is 4.35. The Kier molecular flexibility index (Phi) is 2.53. The fourth-order valence-electron chi connectivity index (χ4n) is 1.77. The summed E-state index contributed by atoms with van der Waals surface area (Å²) in [5, 5.41) is 10.1. The van der Waals surface area contributed by atoms with E-state index in [-0.39, 0.29) is 0 Å². The molecule has 0 fully saturated rings. The van der Waals surface area contributed by atoms with E-state index in [2.05, 4.69) is 26.2 Å². The highest BCUT2D eigenvalue weighted by atomic mass is 32.2. The smallest absolute Gasteiger partial charge is 0.208 e. The van der Waals surface area contributed by atoms with E-state index in [1.807, 2.05) is 30.7 Å². The maximum atomic E-state index is 4.24. The van der Waals surface area contributed by atoms with Crippen molar-refractivity contribution in [3.05, 3.63) is 36.7 Å². The summed E-state index contributed by atoms with van der Waals surface area (Å²) in [6, 6.07) is 8.11. The highest BCUT2D eigenvalue weighted by Crippen LogP contribution is 2.26. The Hall–Kier alpha value is -1.88. The van der Waals surface area contributed by atoms with Gasteiger partial charge in [0, 0.05) is 22.7 Å². The normalized spacial score (nSPS) is 10.9. The van der Waals surface area contributed by atoms with E-state index in [0.29, 0.717) is 5.16 Å². The number of hydrogen-bond acceptors (Lipinski definition) is 4. The lowest BCUT2D eigenvalue weighted by molar-refractivity contribution is 0.847. The third-order valence-electron chi connectivity index (χ3n) is 2.59. The van der Waals surface area contributed by atoms with Gasteiger partial charge in [0.1, 0.15) is 5.69 Å². The molecule has 0 saturated carbocycles. The standard InChI is InChI=1S/C12H10N4S/c1-17-12-14-7-11(15-16-12)9-6-13-10-5-3-2-4-8(9)10/h2-7,13H,1H3. The van der Waals surface area contributed by atoms with Crippen LogP contribution in [0, 0.1) is 0 Å². The molecule has 3 aromatic rings. The Balaban J connectivity index is 2.13. The van der Waals surface area contributed by atoms with E-state index in [9.17, 15) is 0 Å². The average Bonchev–Trinajstić information content (AvgIpc) is 2.83. The van der Waals surface area contributed by atoms with Gasteiger partial charge in [-0.2, -0.15) is 0 Å². The van der Waals surface area contributed by atoms with Crippen molar-refractivity contribution in [3.63, 3.8) is 0 Å². The van der Waals surface area contributed by atoms with Crippen LogP contribution in [0.2, 0.25) is 0 Å². The van der Waals surface area contributed by atoms with Crippen molar-refractivity contribution in [3.8, 4) is 11.3 Å². The molecule has 3 rings (SSSR count). The number of para-hydroxylation sites is 1. The van der Waals surface area contributed by atoms with E-state index in [0.717, 1.165) is 22.2 Å². The molecule has 2 heterocycles. The van der Waals surface area contributed by atoms with Crippen molar-refractivity contribution < 1.29 is 0 Å². The Labute approximate surface area is 102 Å². The van der Waals surface area contributed by atoms with E-state index in [1.165, 1.54) is 11.8 Å². The van der Waals surface area contributed by atoms with Crippen LogP contribution in [-0.2, 0) is 0 Å². The number of benzene rings is 1. The maximum Gasteiger partial charge on any atom is 0.208 e. The number of fused-ring (bicyclic) bond motifs is 1. The molecule has 0 unspecified atom stereocenters. The van der Waals surface area contributed by atoms with Gasteiger partial charge < -0.3 is 4.98 Å². The molecule has 0 aliphatic rings. The van der Waals surface area contributed by atoms with Gasteiger partial charge in [0.15, 0.2) is 0 Å². The number of aromatic nitrogens is 4. The Morgan fingerprint density at radius 2 is 2.06 bits per heavy atom. The van der Waals surface area contributed by atoms with Crippen LogP contribution in [0.25, 0.3) is 22.2 Å². The van der Waals surface area contributed by atoms with Crippen molar-refractivity contribution in [2.45, 2.75) is 5.16 Å². The van der Waals surface area contributed by atoms with E-state index in [4.69, 9.17) is 0 Å². The van der Waals surface area contributed by atoms with Crippen LogP contribution >= 0.6 is 11.8 Å². The number of rotatable bonds is 2. The summed E-state index contributed by atoms with van der Waals surface area (Å²) in [6.45, 7) is 0. The molecule has 0 spiro atoms. The van der Waals surface area contributed by atoms with Gasteiger partial charge in [0.25, 0.3) is 0 Å². The van der Waals surface area contributed by atoms with Crippen molar-refractivity contribution in [1.82, 2.24) is 20.2 Å².